The molecule has 1 unspecified atom stereocenters. The fraction of sp³-hybridized carbons (Fsp3) is 0.429. The van der Waals surface area contributed by atoms with Crippen LogP contribution in [0.3, 0.4) is 0 Å². The van der Waals surface area contributed by atoms with Gasteiger partial charge in [-0.25, -0.2) is 0 Å². The van der Waals surface area contributed by atoms with Crippen LogP contribution in [0.15, 0.2) is 60.7 Å². The molecule has 128 valence electrons. The topological polar surface area (TPSA) is 27.7 Å². The van der Waals surface area contributed by atoms with Crippen LogP contribution in [-0.4, -0.2) is 25.6 Å². The minimum atomic E-state index is -0.245. The summed E-state index contributed by atoms with van der Waals surface area (Å²) in [5.41, 5.74) is 2.28. The lowest BCUT2D eigenvalue weighted by atomic mass is 9.92. The van der Waals surface area contributed by atoms with Crippen LogP contribution in [-0.2, 0) is 27.2 Å². The van der Waals surface area contributed by atoms with E-state index < -0.39 is 0 Å². The zero-order valence-corrected chi connectivity index (χ0v) is 14.3. The minimum absolute atomic E-state index is 0.110. The van der Waals surface area contributed by atoms with E-state index in [0.717, 1.165) is 25.7 Å². The highest BCUT2D eigenvalue weighted by Gasteiger charge is 2.40. The maximum Gasteiger partial charge on any atom is 0.158 e. The normalized spacial score (nSPS) is 23.5. The highest BCUT2D eigenvalue weighted by Crippen LogP contribution is 2.35. The van der Waals surface area contributed by atoms with E-state index >= 15 is 0 Å². The molecule has 3 heteroatoms. The zero-order chi connectivity index (χ0) is 16.7. The average molecular weight is 326 g/mol. The smallest absolute Gasteiger partial charge is 0.158 e. The third-order valence-electron chi connectivity index (χ3n) is 4.67. The van der Waals surface area contributed by atoms with E-state index in [9.17, 15) is 0 Å². The van der Waals surface area contributed by atoms with Gasteiger partial charge < -0.3 is 14.2 Å². The molecule has 1 aliphatic heterocycles. The van der Waals surface area contributed by atoms with Crippen LogP contribution in [0.5, 0.6) is 0 Å². The van der Waals surface area contributed by atoms with Crippen LogP contribution >= 0.6 is 0 Å². The molecule has 0 radical (unpaired) electrons. The molecule has 1 heterocycles. The Hall–Kier alpha value is -1.68. The Morgan fingerprint density at radius 1 is 1.00 bits per heavy atom. The first-order valence-corrected chi connectivity index (χ1v) is 8.66. The van der Waals surface area contributed by atoms with Gasteiger partial charge in [-0.2, -0.15) is 0 Å². The summed E-state index contributed by atoms with van der Waals surface area (Å²) in [4.78, 5) is 0. The molecule has 1 fully saturated rings. The molecule has 0 N–H and O–H groups in total. The summed E-state index contributed by atoms with van der Waals surface area (Å²) < 4.78 is 17.6. The number of aryl methyl sites for hydroxylation is 1. The van der Waals surface area contributed by atoms with E-state index in [1.807, 2.05) is 18.2 Å². The Morgan fingerprint density at radius 3 is 2.29 bits per heavy atom. The van der Waals surface area contributed by atoms with Gasteiger partial charge in [0.25, 0.3) is 0 Å². The van der Waals surface area contributed by atoms with Crippen LogP contribution in [0, 0.1) is 0 Å². The van der Waals surface area contributed by atoms with Crippen molar-refractivity contribution in [3.63, 3.8) is 0 Å². The van der Waals surface area contributed by atoms with Crippen molar-refractivity contribution in [2.75, 3.05) is 13.7 Å². The molecule has 1 saturated heterocycles. The SMILES string of the molecule is COC1CC[C@@](CCc2ccccc2)(COCc2ccccc2)O1. The van der Waals surface area contributed by atoms with E-state index in [0.29, 0.717) is 13.2 Å². The van der Waals surface area contributed by atoms with Crippen molar-refractivity contribution in [1.29, 1.82) is 0 Å². The summed E-state index contributed by atoms with van der Waals surface area (Å²) >= 11 is 0. The predicted octanol–water partition coefficient (Wildman–Crippen LogP) is 4.36. The van der Waals surface area contributed by atoms with E-state index in [1.165, 1.54) is 11.1 Å². The van der Waals surface area contributed by atoms with Gasteiger partial charge in [-0.1, -0.05) is 60.7 Å². The summed E-state index contributed by atoms with van der Waals surface area (Å²) in [7, 11) is 1.71. The van der Waals surface area contributed by atoms with E-state index in [-0.39, 0.29) is 11.9 Å². The first-order valence-electron chi connectivity index (χ1n) is 8.66. The number of hydrogen-bond donors (Lipinski definition) is 0. The quantitative estimate of drug-likeness (QED) is 0.721. The second-order valence-electron chi connectivity index (χ2n) is 6.47. The lowest BCUT2D eigenvalue weighted by molar-refractivity contribution is -0.176. The lowest BCUT2D eigenvalue weighted by Gasteiger charge is -2.29. The molecule has 1 aliphatic rings. The highest BCUT2D eigenvalue weighted by atomic mass is 16.7. The van der Waals surface area contributed by atoms with Gasteiger partial charge in [0.15, 0.2) is 6.29 Å². The Bertz CT molecular complexity index is 599. The first-order chi connectivity index (χ1) is 11.8. The third-order valence-corrected chi connectivity index (χ3v) is 4.67. The van der Waals surface area contributed by atoms with Crippen molar-refractivity contribution in [2.24, 2.45) is 0 Å². The second kappa shape index (κ2) is 8.43. The zero-order valence-electron chi connectivity index (χ0n) is 14.3. The van der Waals surface area contributed by atoms with Crippen LogP contribution < -0.4 is 0 Å². The van der Waals surface area contributed by atoms with Crippen LogP contribution in [0.25, 0.3) is 0 Å². The van der Waals surface area contributed by atoms with Gasteiger partial charge in [0.2, 0.25) is 0 Å². The van der Waals surface area contributed by atoms with E-state index in [4.69, 9.17) is 14.2 Å². The fourth-order valence-corrected chi connectivity index (χ4v) is 3.25. The van der Waals surface area contributed by atoms with E-state index in [1.54, 1.807) is 7.11 Å². The van der Waals surface area contributed by atoms with Crippen molar-refractivity contribution in [3.05, 3.63) is 71.8 Å². The van der Waals surface area contributed by atoms with Gasteiger partial charge in [-0.15, -0.1) is 0 Å². The van der Waals surface area contributed by atoms with E-state index in [2.05, 4.69) is 42.5 Å². The molecule has 0 spiro atoms. The number of methoxy groups -OCH3 is 1. The Balaban J connectivity index is 1.58. The number of ether oxygens (including phenoxy) is 3. The number of rotatable bonds is 8. The highest BCUT2D eigenvalue weighted by molar-refractivity contribution is 5.15. The molecule has 0 aliphatic carbocycles. The average Bonchev–Trinajstić information content (AvgIpc) is 3.06. The third kappa shape index (κ3) is 4.67. The molecule has 0 aromatic heterocycles. The fourth-order valence-electron chi connectivity index (χ4n) is 3.25. The van der Waals surface area contributed by atoms with Crippen molar-refractivity contribution in [1.82, 2.24) is 0 Å². The monoisotopic (exact) mass is 326 g/mol. The molecule has 3 rings (SSSR count). The predicted molar refractivity (Wildman–Crippen MR) is 94.7 cm³/mol. The van der Waals surface area contributed by atoms with Gasteiger partial charge >= 0.3 is 0 Å². The molecule has 0 bridgehead atoms. The second-order valence-corrected chi connectivity index (χ2v) is 6.47. The van der Waals surface area contributed by atoms with Crippen molar-refractivity contribution in [3.8, 4) is 0 Å². The molecule has 2 atom stereocenters. The summed E-state index contributed by atoms with van der Waals surface area (Å²) in [5.74, 6) is 0. The molecule has 3 nitrogen and oxygen atoms in total. The molecule has 24 heavy (non-hydrogen) atoms. The minimum Gasteiger partial charge on any atom is -0.374 e. The summed E-state index contributed by atoms with van der Waals surface area (Å²) in [6, 6.07) is 20.8. The molecular formula is C21H26O3. The molecular weight excluding hydrogens is 300 g/mol. The number of benzene rings is 2. The van der Waals surface area contributed by atoms with Gasteiger partial charge in [-0.3, -0.25) is 0 Å². The van der Waals surface area contributed by atoms with Crippen molar-refractivity contribution >= 4 is 0 Å². The van der Waals surface area contributed by atoms with Gasteiger partial charge in [0.05, 0.1) is 18.8 Å². The molecule has 2 aromatic carbocycles. The van der Waals surface area contributed by atoms with Crippen molar-refractivity contribution in [2.45, 2.75) is 44.2 Å². The van der Waals surface area contributed by atoms with Crippen LogP contribution in [0.1, 0.15) is 30.4 Å². The van der Waals surface area contributed by atoms with Crippen molar-refractivity contribution < 1.29 is 14.2 Å². The van der Waals surface area contributed by atoms with Crippen LogP contribution in [0.2, 0.25) is 0 Å². The Labute approximate surface area is 144 Å². The van der Waals surface area contributed by atoms with Crippen LogP contribution in [0.4, 0.5) is 0 Å². The summed E-state index contributed by atoms with van der Waals surface area (Å²) in [6.07, 6.45) is 3.74. The summed E-state index contributed by atoms with van der Waals surface area (Å²) in [6.45, 7) is 1.23. The van der Waals surface area contributed by atoms with Gasteiger partial charge in [-0.05, 0) is 30.4 Å². The maximum atomic E-state index is 6.21. The molecule has 0 amide bonds. The lowest BCUT2D eigenvalue weighted by Crippen LogP contribution is -2.36. The first kappa shape index (κ1) is 17.2. The standard InChI is InChI=1S/C21H26O3/c1-22-20-13-15-21(24-20,14-12-18-8-4-2-5-9-18)17-23-16-19-10-6-3-7-11-19/h2-11,20H,12-17H2,1H3/t20?,21-/m0/s1. The number of hydrogen-bond acceptors (Lipinski definition) is 3. The Morgan fingerprint density at radius 2 is 1.67 bits per heavy atom. The van der Waals surface area contributed by atoms with Gasteiger partial charge in [0.1, 0.15) is 0 Å². The van der Waals surface area contributed by atoms with Gasteiger partial charge in [0, 0.05) is 13.5 Å². The molecule has 2 aromatic rings. The maximum absolute atomic E-state index is 6.21. The Kier molecular flexibility index (Phi) is 6.02. The molecule has 0 saturated carbocycles. The summed E-state index contributed by atoms with van der Waals surface area (Å²) in [5, 5.41) is 0. The largest absolute Gasteiger partial charge is 0.374 e.